The van der Waals surface area contributed by atoms with Crippen molar-refractivity contribution in [2.24, 2.45) is 0 Å². The lowest BCUT2D eigenvalue weighted by Gasteiger charge is -2.21. The highest BCUT2D eigenvalue weighted by atomic mass is 31.1. The van der Waals surface area contributed by atoms with E-state index < -0.39 is 0 Å². The average molecular weight is 100 g/mol. The fraction of sp³-hybridized carbons (Fsp3) is 1.00. The molecule has 2 unspecified atom stereocenters. The van der Waals surface area contributed by atoms with Gasteiger partial charge in [-0.1, -0.05) is 0 Å². The fourth-order valence-corrected chi connectivity index (χ4v) is 3.19. The van der Waals surface area contributed by atoms with E-state index in [0.717, 1.165) is 0 Å². The molecule has 2 heterocycles. The van der Waals surface area contributed by atoms with Crippen LogP contribution in [0.3, 0.4) is 0 Å². The van der Waals surface area contributed by atoms with Gasteiger partial charge in [0.25, 0.3) is 0 Å². The lowest BCUT2D eigenvalue weighted by Crippen LogP contribution is -2.09. The summed E-state index contributed by atoms with van der Waals surface area (Å²) in [6, 6.07) is 0. The Morgan fingerprint density at radius 3 is 1.83 bits per heavy atom. The summed E-state index contributed by atoms with van der Waals surface area (Å²) in [7, 11) is 1.38. The minimum atomic E-state index is 1.22. The van der Waals surface area contributed by atoms with Crippen LogP contribution in [0.4, 0.5) is 0 Å². The Labute approximate surface area is 40.1 Å². The van der Waals surface area contributed by atoms with Gasteiger partial charge in [0.15, 0.2) is 0 Å². The molecule has 0 amide bonds. The molecule has 2 saturated heterocycles. The second-order valence-corrected chi connectivity index (χ2v) is 4.34. The van der Waals surface area contributed by atoms with Gasteiger partial charge in [-0.15, -0.1) is 8.58 Å². The van der Waals surface area contributed by atoms with Crippen LogP contribution in [0.5, 0.6) is 0 Å². The summed E-state index contributed by atoms with van der Waals surface area (Å²) in [5.74, 6) is 0. The molecule has 6 heavy (non-hydrogen) atoms. The van der Waals surface area contributed by atoms with Gasteiger partial charge in [-0.25, -0.2) is 0 Å². The monoisotopic (exact) mass is 100 g/mol. The van der Waals surface area contributed by atoms with E-state index in [2.05, 4.69) is 0 Å². The standard InChI is InChI=1S/C5H9P/c1-2-5-3-4(1)6-5/h4-6H,1-3H2. The van der Waals surface area contributed by atoms with Gasteiger partial charge in [-0.2, -0.15) is 0 Å². The van der Waals surface area contributed by atoms with Crippen LogP contribution in [-0.2, 0) is 0 Å². The predicted octanol–water partition coefficient (Wildman–Crippen LogP) is 1.60. The maximum Gasteiger partial charge on any atom is -0.0228 e. The SMILES string of the molecule is C1CC2CC1P2. The highest BCUT2D eigenvalue weighted by molar-refractivity contribution is 7.42. The van der Waals surface area contributed by atoms with E-state index in [9.17, 15) is 0 Å². The molecule has 1 aliphatic carbocycles. The molecule has 2 aliphatic heterocycles. The van der Waals surface area contributed by atoms with Crippen molar-refractivity contribution < 1.29 is 0 Å². The van der Waals surface area contributed by atoms with Crippen molar-refractivity contribution in [2.45, 2.75) is 30.6 Å². The first-order valence-electron chi connectivity index (χ1n) is 2.71. The molecule has 0 aromatic rings. The molecule has 3 rings (SSSR count). The second kappa shape index (κ2) is 0.980. The van der Waals surface area contributed by atoms with Crippen molar-refractivity contribution in [2.75, 3.05) is 0 Å². The molecule has 0 N–H and O–H groups in total. The lowest BCUT2D eigenvalue weighted by atomic mass is 10.3. The molecule has 3 fully saturated rings. The van der Waals surface area contributed by atoms with Gasteiger partial charge in [0.05, 0.1) is 0 Å². The molecule has 0 aromatic heterocycles. The highest BCUT2D eigenvalue weighted by Crippen LogP contribution is 2.54. The van der Waals surface area contributed by atoms with E-state index in [1.165, 1.54) is 19.9 Å². The topological polar surface area (TPSA) is 0 Å². The molecule has 1 heteroatoms. The molecule has 0 spiro atoms. The highest BCUT2D eigenvalue weighted by Gasteiger charge is 2.35. The maximum absolute atomic E-state index is 1.60. The van der Waals surface area contributed by atoms with E-state index in [1.54, 1.807) is 19.3 Å². The molecular weight excluding hydrogens is 91.0 g/mol. The number of hydrogen-bond donors (Lipinski definition) is 0. The molecule has 0 nitrogen and oxygen atoms in total. The zero-order valence-electron chi connectivity index (χ0n) is 3.78. The van der Waals surface area contributed by atoms with Crippen molar-refractivity contribution >= 4 is 8.58 Å². The van der Waals surface area contributed by atoms with E-state index in [4.69, 9.17) is 0 Å². The molecule has 1 saturated carbocycles. The van der Waals surface area contributed by atoms with Crippen LogP contribution in [0.15, 0.2) is 0 Å². The van der Waals surface area contributed by atoms with Gasteiger partial charge >= 0.3 is 0 Å². The Hall–Kier alpha value is 0.430. The second-order valence-electron chi connectivity index (χ2n) is 2.37. The first kappa shape index (κ1) is 3.43. The maximum atomic E-state index is 1.60. The molecule has 34 valence electrons. The van der Waals surface area contributed by atoms with E-state index in [-0.39, 0.29) is 0 Å². The van der Waals surface area contributed by atoms with Gasteiger partial charge < -0.3 is 0 Å². The Morgan fingerprint density at radius 2 is 1.67 bits per heavy atom. The molecule has 0 aromatic carbocycles. The Bertz CT molecular complexity index is 50.8. The quantitative estimate of drug-likeness (QED) is 0.405. The lowest BCUT2D eigenvalue weighted by molar-refractivity contribution is 0.833. The van der Waals surface area contributed by atoms with Gasteiger partial charge in [0, 0.05) is 0 Å². The van der Waals surface area contributed by atoms with Crippen molar-refractivity contribution in [3.63, 3.8) is 0 Å². The van der Waals surface area contributed by atoms with Crippen LogP contribution >= 0.6 is 8.58 Å². The summed E-state index contributed by atoms with van der Waals surface area (Å²) < 4.78 is 0. The third-order valence-electron chi connectivity index (χ3n) is 1.90. The summed E-state index contributed by atoms with van der Waals surface area (Å²) in [5, 5.41) is 0. The molecular formula is C5H9P. The summed E-state index contributed by atoms with van der Waals surface area (Å²) in [6.45, 7) is 0. The Morgan fingerprint density at radius 1 is 1.17 bits per heavy atom. The largest absolute Gasteiger partial charge is 0.116 e. The zero-order valence-corrected chi connectivity index (χ0v) is 4.78. The minimum Gasteiger partial charge on any atom is -0.116 e. The van der Waals surface area contributed by atoms with Crippen LogP contribution in [0, 0.1) is 0 Å². The smallest absolute Gasteiger partial charge is 0.0228 e. The van der Waals surface area contributed by atoms with E-state index in [1.807, 2.05) is 0 Å². The number of hydrogen-bond acceptors (Lipinski definition) is 0. The van der Waals surface area contributed by atoms with Gasteiger partial charge in [-0.05, 0) is 30.6 Å². The van der Waals surface area contributed by atoms with Crippen LogP contribution < -0.4 is 0 Å². The Kier molecular flexibility index (Phi) is 0.561. The Balaban J connectivity index is 2.16. The van der Waals surface area contributed by atoms with Crippen molar-refractivity contribution in [3.05, 3.63) is 0 Å². The van der Waals surface area contributed by atoms with Crippen molar-refractivity contribution in [1.82, 2.24) is 0 Å². The third kappa shape index (κ3) is 0.289. The predicted molar refractivity (Wildman–Crippen MR) is 29.7 cm³/mol. The minimum absolute atomic E-state index is 1.22. The molecule has 2 atom stereocenters. The van der Waals surface area contributed by atoms with Crippen molar-refractivity contribution in [1.29, 1.82) is 0 Å². The summed E-state index contributed by atoms with van der Waals surface area (Å²) in [6.07, 6.45) is 4.74. The van der Waals surface area contributed by atoms with Crippen molar-refractivity contribution in [3.8, 4) is 0 Å². The summed E-state index contributed by atoms with van der Waals surface area (Å²) in [4.78, 5) is 0. The summed E-state index contributed by atoms with van der Waals surface area (Å²) in [5.41, 5.74) is 2.44. The number of fused-ring (bicyclic) bond motifs is 1. The zero-order chi connectivity index (χ0) is 3.98. The molecule has 0 radical (unpaired) electrons. The van der Waals surface area contributed by atoms with E-state index in [0.29, 0.717) is 0 Å². The fourth-order valence-electron chi connectivity index (χ4n) is 1.46. The van der Waals surface area contributed by atoms with Crippen LogP contribution in [0.2, 0.25) is 0 Å². The number of rotatable bonds is 0. The van der Waals surface area contributed by atoms with Crippen LogP contribution in [0.25, 0.3) is 0 Å². The first-order chi connectivity index (χ1) is 2.95. The van der Waals surface area contributed by atoms with Gasteiger partial charge in [-0.3, -0.25) is 0 Å². The van der Waals surface area contributed by atoms with E-state index >= 15 is 0 Å². The normalized spacial score (nSPS) is 56.0. The average Bonchev–Trinajstić information content (AvgIpc) is 1.72. The van der Waals surface area contributed by atoms with Crippen LogP contribution in [-0.4, -0.2) is 11.3 Å². The van der Waals surface area contributed by atoms with Gasteiger partial charge in [0.2, 0.25) is 0 Å². The first-order valence-corrected chi connectivity index (χ1v) is 3.87. The molecule has 2 bridgehead atoms. The summed E-state index contributed by atoms with van der Waals surface area (Å²) >= 11 is 0. The van der Waals surface area contributed by atoms with Gasteiger partial charge in [0.1, 0.15) is 0 Å². The molecule has 3 aliphatic rings. The third-order valence-corrected chi connectivity index (χ3v) is 3.90. The van der Waals surface area contributed by atoms with Crippen LogP contribution in [0.1, 0.15) is 19.3 Å².